The van der Waals surface area contributed by atoms with Gasteiger partial charge in [-0.15, -0.1) is 24.8 Å². The molecule has 3 aromatic rings. The largest absolute Gasteiger partial charge is 0.489 e. The van der Waals surface area contributed by atoms with E-state index in [4.69, 9.17) is 20.9 Å². The van der Waals surface area contributed by atoms with Gasteiger partial charge in [0.25, 0.3) is 0 Å². The molecule has 132 valence electrons. The van der Waals surface area contributed by atoms with Gasteiger partial charge in [0.05, 0.1) is 11.4 Å². The summed E-state index contributed by atoms with van der Waals surface area (Å²) in [5.41, 5.74) is 13.9. The Hall–Kier alpha value is -2.56. The number of anilines is 2. The van der Waals surface area contributed by atoms with Crippen molar-refractivity contribution in [3.8, 4) is 17.2 Å². The number of para-hydroxylation sites is 1. The highest BCUT2D eigenvalue weighted by atomic mass is 35.5. The molecule has 0 saturated carbocycles. The summed E-state index contributed by atoms with van der Waals surface area (Å²) in [6, 6.07) is 22.7. The van der Waals surface area contributed by atoms with Gasteiger partial charge in [0.15, 0.2) is 5.75 Å². The molecule has 25 heavy (non-hydrogen) atoms. The molecule has 0 aliphatic carbocycles. The van der Waals surface area contributed by atoms with Crippen molar-refractivity contribution >= 4 is 36.2 Å². The Labute approximate surface area is 159 Å². The Morgan fingerprint density at radius 1 is 0.640 bits per heavy atom. The zero-order chi connectivity index (χ0) is 16.1. The van der Waals surface area contributed by atoms with Crippen molar-refractivity contribution in [3.63, 3.8) is 0 Å². The molecule has 0 unspecified atom stereocenters. The van der Waals surface area contributed by atoms with Crippen LogP contribution >= 0.6 is 24.8 Å². The second-order valence-electron chi connectivity index (χ2n) is 5.11. The molecule has 3 aromatic carbocycles. The Bertz CT molecular complexity index is 761. The van der Waals surface area contributed by atoms with Gasteiger partial charge in [0.1, 0.15) is 18.1 Å². The van der Waals surface area contributed by atoms with E-state index in [2.05, 4.69) is 0 Å². The molecule has 0 bridgehead atoms. The van der Waals surface area contributed by atoms with E-state index in [0.29, 0.717) is 29.5 Å². The van der Waals surface area contributed by atoms with E-state index < -0.39 is 0 Å². The summed E-state index contributed by atoms with van der Waals surface area (Å²) >= 11 is 0. The fourth-order valence-corrected chi connectivity index (χ4v) is 2.15. The lowest BCUT2D eigenvalue weighted by molar-refractivity contribution is 0.306. The second kappa shape index (κ2) is 9.67. The molecule has 0 atom stereocenters. The summed E-state index contributed by atoms with van der Waals surface area (Å²) < 4.78 is 11.5. The summed E-state index contributed by atoms with van der Waals surface area (Å²) in [5.74, 6) is 1.90. The summed E-state index contributed by atoms with van der Waals surface area (Å²) in [5, 5.41) is 0. The van der Waals surface area contributed by atoms with Crippen molar-refractivity contribution in [2.24, 2.45) is 0 Å². The van der Waals surface area contributed by atoms with Crippen molar-refractivity contribution < 1.29 is 9.47 Å². The predicted octanol–water partition coefficient (Wildman–Crippen LogP) is 5.07. The van der Waals surface area contributed by atoms with Crippen LogP contribution in [0.25, 0.3) is 0 Å². The van der Waals surface area contributed by atoms with Gasteiger partial charge in [-0.2, -0.15) is 0 Å². The maximum atomic E-state index is 5.88. The fourth-order valence-electron chi connectivity index (χ4n) is 2.15. The normalized spacial score (nSPS) is 9.44. The van der Waals surface area contributed by atoms with Gasteiger partial charge in [0.2, 0.25) is 0 Å². The SMILES string of the molecule is Cl.Cl.Nc1cccc(N)c1Oc1ccc(OCc2ccccc2)cc1. The first-order chi connectivity index (χ1) is 11.2. The van der Waals surface area contributed by atoms with Crippen molar-refractivity contribution in [2.75, 3.05) is 11.5 Å². The molecule has 0 amide bonds. The number of benzene rings is 3. The Morgan fingerprint density at radius 2 is 1.20 bits per heavy atom. The quantitative estimate of drug-likeness (QED) is 0.608. The topological polar surface area (TPSA) is 70.5 Å². The molecule has 0 aliphatic rings. The van der Waals surface area contributed by atoms with Gasteiger partial charge >= 0.3 is 0 Å². The lowest BCUT2D eigenvalue weighted by Gasteiger charge is -2.11. The van der Waals surface area contributed by atoms with E-state index in [9.17, 15) is 0 Å². The van der Waals surface area contributed by atoms with Crippen LogP contribution in [0.5, 0.6) is 17.2 Å². The van der Waals surface area contributed by atoms with E-state index in [1.54, 1.807) is 18.2 Å². The Balaban J connectivity index is 0.00000156. The van der Waals surface area contributed by atoms with E-state index in [1.165, 1.54) is 0 Å². The molecule has 0 saturated heterocycles. The van der Waals surface area contributed by atoms with E-state index >= 15 is 0 Å². The number of hydrogen-bond acceptors (Lipinski definition) is 4. The molecule has 6 heteroatoms. The highest BCUT2D eigenvalue weighted by Crippen LogP contribution is 2.33. The number of halogens is 2. The summed E-state index contributed by atoms with van der Waals surface area (Å²) in [6.45, 7) is 0.527. The van der Waals surface area contributed by atoms with Gasteiger partial charge in [-0.3, -0.25) is 0 Å². The lowest BCUT2D eigenvalue weighted by atomic mass is 10.2. The average molecular weight is 379 g/mol. The van der Waals surface area contributed by atoms with E-state index in [0.717, 1.165) is 11.3 Å². The number of rotatable bonds is 5. The van der Waals surface area contributed by atoms with Crippen LogP contribution < -0.4 is 20.9 Å². The standard InChI is InChI=1S/C19H18N2O2.2ClH/c20-17-7-4-8-18(21)19(17)23-16-11-9-15(10-12-16)22-13-14-5-2-1-3-6-14;;/h1-12H,13,20-21H2;2*1H. The summed E-state index contributed by atoms with van der Waals surface area (Å²) in [7, 11) is 0. The molecule has 0 heterocycles. The molecule has 0 aromatic heterocycles. The zero-order valence-electron chi connectivity index (χ0n) is 13.4. The number of nitrogen functional groups attached to an aromatic ring is 2. The first-order valence-corrected chi connectivity index (χ1v) is 7.31. The van der Waals surface area contributed by atoms with Crippen LogP contribution in [0, 0.1) is 0 Å². The van der Waals surface area contributed by atoms with Crippen molar-refractivity contribution in [3.05, 3.63) is 78.4 Å². The molecule has 0 spiro atoms. The fraction of sp³-hybridized carbons (Fsp3) is 0.0526. The van der Waals surface area contributed by atoms with Crippen LogP contribution in [0.3, 0.4) is 0 Å². The molecule has 0 fully saturated rings. The molecule has 0 aliphatic heterocycles. The van der Waals surface area contributed by atoms with Crippen LogP contribution in [0.1, 0.15) is 5.56 Å². The lowest BCUT2D eigenvalue weighted by Crippen LogP contribution is -1.97. The van der Waals surface area contributed by atoms with Gasteiger partial charge < -0.3 is 20.9 Å². The van der Waals surface area contributed by atoms with Gasteiger partial charge in [0, 0.05) is 0 Å². The third-order valence-corrected chi connectivity index (χ3v) is 3.37. The highest BCUT2D eigenvalue weighted by Gasteiger charge is 2.06. The molecular weight excluding hydrogens is 359 g/mol. The molecule has 4 N–H and O–H groups in total. The Morgan fingerprint density at radius 3 is 1.80 bits per heavy atom. The predicted molar refractivity (Wildman–Crippen MR) is 107 cm³/mol. The zero-order valence-corrected chi connectivity index (χ0v) is 15.1. The minimum Gasteiger partial charge on any atom is -0.489 e. The van der Waals surface area contributed by atoms with Crippen molar-refractivity contribution in [1.29, 1.82) is 0 Å². The minimum absolute atomic E-state index is 0. The molecule has 0 radical (unpaired) electrons. The van der Waals surface area contributed by atoms with Gasteiger partial charge in [-0.05, 0) is 42.0 Å². The number of ether oxygens (including phenoxy) is 2. The van der Waals surface area contributed by atoms with Gasteiger partial charge in [-0.1, -0.05) is 36.4 Å². The third kappa shape index (κ3) is 5.48. The summed E-state index contributed by atoms with van der Waals surface area (Å²) in [4.78, 5) is 0. The smallest absolute Gasteiger partial charge is 0.173 e. The van der Waals surface area contributed by atoms with E-state index in [-0.39, 0.29) is 24.8 Å². The first-order valence-electron chi connectivity index (χ1n) is 7.31. The number of hydrogen-bond donors (Lipinski definition) is 2. The molecule has 4 nitrogen and oxygen atoms in total. The monoisotopic (exact) mass is 378 g/mol. The molecule has 3 rings (SSSR count). The van der Waals surface area contributed by atoms with Crippen molar-refractivity contribution in [1.82, 2.24) is 0 Å². The minimum atomic E-state index is 0. The summed E-state index contributed by atoms with van der Waals surface area (Å²) in [6.07, 6.45) is 0. The maximum absolute atomic E-state index is 5.88. The van der Waals surface area contributed by atoms with E-state index in [1.807, 2.05) is 54.6 Å². The van der Waals surface area contributed by atoms with Gasteiger partial charge in [-0.25, -0.2) is 0 Å². The Kier molecular flexibility index (Phi) is 7.92. The average Bonchev–Trinajstić information content (AvgIpc) is 2.58. The maximum Gasteiger partial charge on any atom is 0.173 e. The van der Waals surface area contributed by atoms with Crippen LogP contribution in [0.15, 0.2) is 72.8 Å². The number of nitrogens with two attached hydrogens (primary N) is 2. The van der Waals surface area contributed by atoms with Crippen LogP contribution in [-0.4, -0.2) is 0 Å². The van der Waals surface area contributed by atoms with Crippen LogP contribution in [0.4, 0.5) is 11.4 Å². The van der Waals surface area contributed by atoms with Crippen LogP contribution in [0.2, 0.25) is 0 Å². The third-order valence-electron chi connectivity index (χ3n) is 3.37. The second-order valence-corrected chi connectivity index (χ2v) is 5.11. The highest BCUT2D eigenvalue weighted by molar-refractivity contribution is 5.85. The van der Waals surface area contributed by atoms with Crippen LogP contribution in [-0.2, 0) is 6.61 Å². The first kappa shape index (κ1) is 20.5. The molecular formula is C19H20Cl2N2O2. The van der Waals surface area contributed by atoms with Crippen molar-refractivity contribution in [2.45, 2.75) is 6.61 Å².